The van der Waals surface area contributed by atoms with Crippen molar-refractivity contribution in [3.05, 3.63) is 34.8 Å². The highest BCUT2D eigenvalue weighted by atomic mass is 32.1. The van der Waals surface area contributed by atoms with Gasteiger partial charge in [-0.2, -0.15) is 16.4 Å². The molecule has 5 heteroatoms. The molecule has 0 atom stereocenters. The van der Waals surface area contributed by atoms with Gasteiger partial charge in [0.25, 0.3) is 0 Å². The Morgan fingerprint density at radius 1 is 1.50 bits per heavy atom. The van der Waals surface area contributed by atoms with Gasteiger partial charge >= 0.3 is 0 Å². The molecule has 0 unspecified atom stereocenters. The van der Waals surface area contributed by atoms with E-state index in [1.54, 1.807) is 17.5 Å². The van der Waals surface area contributed by atoms with Gasteiger partial charge in [-0.1, -0.05) is 0 Å². The van der Waals surface area contributed by atoms with Gasteiger partial charge in [0, 0.05) is 25.3 Å². The molecular formula is C13H18N4S. The number of hydrogen-bond donors (Lipinski definition) is 1. The summed E-state index contributed by atoms with van der Waals surface area (Å²) >= 11 is 1.77. The lowest BCUT2D eigenvalue weighted by molar-refractivity contribution is 0.240. The third-order valence-corrected chi connectivity index (χ3v) is 4.03. The molecule has 0 amide bonds. The molecule has 1 fully saturated rings. The quantitative estimate of drug-likeness (QED) is 0.868. The second-order valence-electron chi connectivity index (χ2n) is 4.87. The van der Waals surface area contributed by atoms with Gasteiger partial charge in [0.05, 0.1) is 18.4 Å². The van der Waals surface area contributed by atoms with Crippen LogP contribution in [-0.4, -0.2) is 27.3 Å². The van der Waals surface area contributed by atoms with Crippen LogP contribution in [0, 0.1) is 0 Å². The van der Waals surface area contributed by atoms with Crippen LogP contribution in [0.25, 0.3) is 0 Å². The molecule has 2 aromatic rings. The van der Waals surface area contributed by atoms with Crippen LogP contribution in [0.15, 0.2) is 29.2 Å². The molecule has 1 aliphatic carbocycles. The average molecular weight is 262 g/mol. The maximum Gasteiger partial charge on any atom is 0.0719 e. The SMILES string of the molecule is Nc1cnn(CCN(Cc2ccsc2)C2CC2)c1. The number of anilines is 1. The van der Waals surface area contributed by atoms with Crippen molar-refractivity contribution in [3.8, 4) is 0 Å². The van der Waals surface area contributed by atoms with E-state index < -0.39 is 0 Å². The van der Waals surface area contributed by atoms with Crippen molar-refractivity contribution in [1.29, 1.82) is 0 Å². The topological polar surface area (TPSA) is 47.1 Å². The Balaban J connectivity index is 1.57. The molecule has 2 aromatic heterocycles. The summed E-state index contributed by atoms with van der Waals surface area (Å²) in [5, 5.41) is 8.62. The van der Waals surface area contributed by atoms with E-state index in [0.717, 1.165) is 31.4 Å². The fraction of sp³-hybridized carbons (Fsp3) is 0.462. The minimum atomic E-state index is 0.741. The normalized spacial score (nSPS) is 15.4. The Morgan fingerprint density at radius 2 is 2.39 bits per heavy atom. The van der Waals surface area contributed by atoms with E-state index in [0.29, 0.717) is 0 Å². The predicted molar refractivity (Wildman–Crippen MR) is 74.4 cm³/mol. The van der Waals surface area contributed by atoms with E-state index in [4.69, 9.17) is 5.73 Å². The molecule has 1 saturated carbocycles. The predicted octanol–water partition coefficient (Wildman–Crippen LogP) is 2.19. The summed E-state index contributed by atoms with van der Waals surface area (Å²) in [6.45, 7) is 3.02. The molecule has 3 rings (SSSR count). The number of thiophene rings is 1. The van der Waals surface area contributed by atoms with Gasteiger partial charge in [0.1, 0.15) is 0 Å². The van der Waals surface area contributed by atoms with Crippen LogP contribution < -0.4 is 5.73 Å². The number of nitrogens with zero attached hydrogens (tertiary/aromatic N) is 3. The van der Waals surface area contributed by atoms with Crippen LogP contribution in [0.3, 0.4) is 0 Å². The summed E-state index contributed by atoms with van der Waals surface area (Å²) in [6.07, 6.45) is 6.28. The third kappa shape index (κ3) is 2.91. The van der Waals surface area contributed by atoms with Crippen LogP contribution >= 0.6 is 11.3 Å². The molecule has 2 heterocycles. The zero-order chi connectivity index (χ0) is 12.4. The van der Waals surface area contributed by atoms with Gasteiger partial charge in [-0.15, -0.1) is 0 Å². The lowest BCUT2D eigenvalue weighted by Crippen LogP contribution is -2.29. The molecule has 96 valence electrons. The number of hydrogen-bond acceptors (Lipinski definition) is 4. The Bertz CT molecular complexity index is 487. The first-order chi connectivity index (χ1) is 8.81. The smallest absolute Gasteiger partial charge is 0.0719 e. The summed E-state index contributed by atoms with van der Waals surface area (Å²) in [7, 11) is 0. The molecule has 1 aliphatic rings. The molecule has 0 bridgehead atoms. The first-order valence-corrected chi connectivity index (χ1v) is 7.28. The number of nitrogens with two attached hydrogens (primary N) is 1. The first-order valence-electron chi connectivity index (χ1n) is 6.34. The minimum absolute atomic E-state index is 0.741. The maximum atomic E-state index is 5.67. The van der Waals surface area contributed by atoms with Crippen molar-refractivity contribution in [3.63, 3.8) is 0 Å². The summed E-state index contributed by atoms with van der Waals surface area (Å²) in [4.78, 5) is 2.56. The van der Waals surface area contributed by atoms with E-state index in [9.17, 15) is 0 Å². The van der Waals surface area contributed by atoms with Crippen LogP contribution in [-0.2, 0) is 13.1 Å². The van der Waals surface area contributed by atoms with Gasteiger partial charge in [-0.05, 0) is 35.2 Å². The Morgan fingerprint density at radius 3 is 3.00 bits per heavy atom. The fourth-order valence-electron chi connectivity index (χ4n) is 2.18. The Hall–Kier alpha value is -1.33. The van der Waals surface area contributed by atoms with Crippen LogP contribution in [0.2, 0.25) is 0 Å². The Labute approximate surface area is 111 Å². The highest BCUT2D eigenvalue weighted by Gasteiger charge is 2.28. The van der Waals surface area contributed by atoms with Crippen molar-refractivity contribution in [2.75, 3.05) is 12.3 Å². The van der Waals surface area contributed by atoms with Gasteiger partial charge in [-0.25, -0.2) is 0 Å². The van der Waals surface area contributed by atoms with Gasteiger partial charge in [-0.3, -0.25) is 9.58 Å². The van der Waals surface area contributed by atoms with Crippen molar-refractivity contribution in [1.82, 2.24) is 14.7 Å². The van der Waals surface area contributed by atoms with E-state index in [1.165, 1.54) is 18.4 Å². The van der Waals surface area contributed by atoms with E-state index in [2.05, 4.69) is 26.8 Å². The van der Waals surface area contributed by atoms with Crippen molar-refractivity contribution in [2.24, 2.45) is 0 Å². The van der Waals surface area contributed by atoms with Crippen molar-refractivity contribution < 1.29 is 0 Å². The largest absolute Gasteiger partial charge is 0.396 e. The lowest BCUT2D eigenvalue weighted by Gasteiger charge is -2.21. The summed E-state index contributed by atoms with van der Waals surface area (Å²) in [5.74, 6) is 0. The molecular weight excluding hydrogens is 244 g/mol. The average Bonchev–Trinajstić information content (AvgIpc) is 2.92. The molecule has 0 spiro atoms. The molecule has 0 radical (unpaired) electrons. The van der Waals surface area contributed by atoms with E-state index in [-0.39, 0.29) is 0 Å². The molecule has 2 N–H and O–H groups in total. The third-order valence-electron chi connectivity index (χ3n) is 3.30. The van der Waals surface area contributed by atoms with E-state index in [1.807, 2.05) is 10.9 Å². The molecule has 4 nitrogen and oxygen atoms in total. The first kappa shape index (κ1) is 11.7. The van der Waals surface area contributed by atoms with Crippen LogP contribution in [0.1, 0.15) is 18.4 Å². The van der Waals surface area contributed by atoms with E-state index >= 15 is 0 Å². The summed E-state index contributed by atoms with van der Waals surface area (Å²) < 4.78 is 1.93. The van der Waals surface area contributed by atoms with Crippen molar-refractivity contribution in [2.45, 2.75) is 32.0 Å². The second kappa shape index (κ2) is 5.12. The standard InChI is InChI=1S/C13H18N4S/c14-12-7-15-17(9-12)5-4-16(13-1-2-13)8-11-3-6-18-10-11/h3,6-7,9-10,13H,1-2,4-5,8,14H2. The molecule has 0 aromatic carbocycles. The Kier molecular flexibility index (Phi) is 3.34. The minimum Gasteiger partial charge on any atom is -0.396 e. The molecule has 0 saturated heterocycles. The van der Waals surface area contributed by atoms with Crippen LogP contribution in [0.5, 0.6) is 0 Å². The molecule has 18 heavy (non-hydrogen) atoms. The zero-order valence-electron chi connectivity index (χ0n) is 10.3. The highest BCUT2D eigenvalue weighted by Crippen LogP contribution is 2.28. The zero-order valence-corrected chi connectivity index (χ0v) is 11.1. The van der Waals surface area contributed by atoms with Gasteiger partial charge in [0.15, 0.2) is 0 Å². The number of aromatic nitrogens is 2. The highest BCUT2D eigenvalue weighted by molar-refractivity contribution is 7.07. The van der Waals surface area contributed by atoms with Crippen LogP contribution in [0.4, 0.5) is 5.69 Å². The number of nitrogen functional groups attached to an aromatic ring is 1. The summed E-state index contributed by atoms with van der Waals surface area (Å²) in [5.41, 5.74) is 7.84. The second-order valence-corrected chi connectivity index (χ2v) is 5.65. The molecule has 0 aliphatic heterocycles. The summed E-state index contributed by atoms with van der Waals surface area (Å²) in [6, 6.07) is 2.99. The van der Waals surface area contributed by atoms with Gasteiger partial charge < -0.3 is 5.73 Å². The van der Waals surface area contributed by atoms with Crippen molar-refractivity contribution >= 4 is 17.0 Å². The lowest BCUT2D eigenvalue weighted by atomic mass is 10.3. The number of rotatable bonds is 6. The fourth-order valence-corrected chi connectivity index (χ4v) is 2.84. The monoisotopic (exact) mass is 262 g/mol. The maximum absolute atomic E-state index is 5.67. The van der Waals surface area contributed by atoms with Gasteiger partial charge in [0.2, 0.25) is 0 Å².